The summed E-state index contributed by atoms with van der Waals surface area (Å²) in [5.41, 5.74) is 0. The first-order chi connectivity index (χ1) is 8.70. The Morgan fingerprint density at radius 1 is 1.50 bits per heavy atom. The van der Waals surface area contributed by atoms with Gasteiger partial charge >= 0.3 is 0 Å². The fraction of sp³-hybridized carbons (Fsp3) is 0.923. The minimum atomic E-state index is 0.174. The molecule has 2 heterocycles. The highest BCUT2D eigenvalue weighted by Crippen LogP contribution is 2.09. The Hall–Kier alpha value is -0.650. The van der Waals surface area contributed by atoms with Crippen molar-refractivity contribution in [1.82, 2.24) is 15.1 Å². The zero-order chi connectivity index (χ0) is 13.0. The van der Waals surface area contributed by atoms with Gasteiger partial charge in [0, 0.05) is 32.2 Å². The number of amides is 1. The van der Waals surface area contributed by atoms with Crippen LogP contribution in [0.2, 0.25) is 0 Å². The van der Waals surface area contributed by atoms with Crippen molar-refractivity contribution in [2.45, 2.75) is 32.4 Å². The largest absolute Gasteiger partial charge is 0.375 e. The Kier molecular flexibility index (Phi) is 4.97. The number of rotatable bonds is 5. The zero-order valence-electron chi connectivity index (χ0n) is 11.5. The summed E-state index contributed by atoms with van der Waals surface area (Å²) in [7, 11) is 0. The normalized spacial score (nSPS) is 25.3. The van der Waals surface area contributed by atoms with Crippen molar-refractivity contribution in [3.63, 3.8) is 0 Å². The third-order valence-corrected chi connectivity index (χ3v) is 3.72. The van der Waals surface area contributed by atoms with Gasteiger partial charge in [0.25, 0.3) is 0 Å². The fourth-order valence-corrected chi connectivity index (χ4v) is 2.53. The predicted octanol–water partition coefficient (Wildman–Crippen LogP) is -0.0825. The van der Waals surface area contributed by atoms with Gasteiger partial charge in [-0.05, 0) is 19.9 Å². The van der Waals surface area contributed by atoms with Gasteiger partial charge in [0.05, 0.1) is 19.3 Å². The van der Waals surface area contributed by atoms with Crippen LogP contribution in [0.25, 0.3) is 0 Å². The highest BCUT2D eigenvalue weighted by atomic mass is 16.5. The van der Waals surface area contributed by atoms with Crippen molar-refractivity contribution in [2.24, 2.45) is 0 Å². The first-order valence-electron chi connectivity index (χ1n) is 7.05. The Bertz CT molecular complexity index is 281. The molecular formula is C13H25N3O2. The number of morpholine rings is 1. The van der Waals surface area contributed by atoms with E-state index in [1.165, 1.54) is 0 Å². The maximum absolute atomic E-state index is 12.3. The van der Waals surface area contributed by atoms with Gasteiger partial charge in [0.2, 0.25) is 5.91 Å². The SMILES string of the molecule is CCCN(CC(=O)N1CCOC(C)C1)C1CNC1. The molecule has 5 heteroatoms. The van der Waals surface area contributed by atoms with Crippen LogP contribution in [-0.2, 0) is 9.53 Å². The summed E-state index contributed by atoms with van der Waals surface area (Å²) in [6.45, 7) is 9.96. The van der Waals surface area contributed by atoms with Crippen LogP contribution in [0.1, 0.15) is 20.3 Å². The van der Waals surface area contributed by atoms with Crippen LogP contribution in [0.4, 0.5) is 0 Å². The number of hydrogen-bond acceptors (Lipinski definition) is 4. The Labute approximate surface area is 109 Å². The van der Waals surface area contributed by atoms with E-state index in [1.54, 1.807) is 0 Å². The second-order valence-corrected chi connectivity index (χ2v) is 5.30. The molecular weight excluding hydrogens is 230 g/mol. The van der Waals surface area contributed by atoms with Gasteiger partial charge in [0.1, 0.15) is 0 Å². The van der Waals surface area contributed by atoms with Gasteiger partial charge in [-0.3, -0.25) is 9.69 Å². The van der Waals surface area contributed by atoms with Crippen molar-refractivity contribution in [3.8, 4) is 0 Å². The van der Waals surface area contributed by atoms with Crippen LogP contribution in [0, 0.1) is 0 Å². The first kappa shape index (κ1) is 13.8. The predicted molar refractivity (Wildman–Crippen MR) is 70.5 cm³/mol. The Morgan fingerprint density at radius 2 is 2.28 bits per heavy atom. The third-order valence-electron chi connectivity index (χ3n) is 3.72. The molecule has 0 radical (unpaired) electrons. The molecule has 1 N–H and O–H groups in total. The monoisotopic (exact) mass is 255 g/mol. The number of carbonyl (C=O) groups is 1. The van der Waals surface area contributed by atoms with Crippen molar-refractivity contribution in [2.75, 3.05) is 45.9 Å². The maximum Gasteiger partial charge on any atom is 0.236 e. The van der Waals surface area contributed by atoms with Crippen molar-refractivity contribution in [1.29, 1.82) is 0 Å². The van der Waals surface area contributed by atoms with Gasteiger partial charge < -0.3 is 15.0 Å². The molecule has 1 unspecified atom stereocenters. The first-order valence-corrected chi connectivity index (χ1v) is 7.05. The van der Waals surface area contributed by atoms with Crippen molar-refractivity contribution >= 4 is 5.91 Å². The van der Waals surface area contributed by atoms with Crippen LogP contribution in [-0.4, -0.2) is 73.7 Å². The number of nitrogens with one attached hydrogen (secondary N) is 1. The summed E-state index contributed by atoms with van der Waals surface area (Å²) in [6.07, 6.45) is 1.27. The highest BCUT2D eigenvalue weighted by Gasteiger charge is 2.28. The molecule has 104 valence electrons. The molecule has 0 aromatic carbocycles. The third kappa shape index (κ3) is 3.43. The topological polar surface area (TPSA) is 44.8 Å². The molecule has 2 rings (SSSR count). The lowest BCUT2D eigenvalue weighted by Crippen LogP contribution is -2.59. The Balaban J connectivity index is 1.83. The van der Waals surface area contributed by atoms with E-state index in [-0.39, 0.29) is 12.0 Å². The average Bonchev–Trinajstić information content (AvgIpc) is 2.27. The maximum atomic E-state index is 12.3. The summed E-state index contributed by atoms with van der Waals surface area (Å²) >= 11 is 0. The molecule has 18 heavy (non-hydrogen) atoms. The van der Waals surface area contributed by atoms with Gasteiger partial charge in [0.15, 0.2) is 0 Å². The number of ether oxygens (including phenoxy) is 1. The van der Waals surface area contributed by atoms with Crippen molar-refractivity contribution < 1.29 is 9.53 Å². The number of hydrogen-bond donors (Lipinski definition) is 1. The summed E-state index contributed by atoms with van der Waals surface area (Å²) in [6, 6.07) is 0.548. The molecule has 0 spiro atoms. The molecule has 0 aliphatic carbocycles. The standard InChI is InChI=1S/C13H25N3O2/c1-3-4-15(12-7-14-8-12)10-13(17)16-5-6-18-11(2)9-16/h11-12,14H,3-10H2,1-2H3. The summed E-state index contributed by atoms with van der Waals surface area (Å²) in [5.74, 6) is 0.255. The average molecular weight is 255 g/mol. The molecule has 1 atom stereocenters. The molecule has 5 nitrogen and oxygen atoms in total. The molecule has 0 aromatic rings. The van der Waals surface area contributed by atoms with Crippen molar-refractivity contribution in [3.05, 3.63) is 0 Å². The minimum absolute atomic E-state index is 0.174. The quantitative estimate of drug-likeness (QED) is 0.746. The molecule has 0 aromatic heterocycles. The summed E-state index contributed by atoms with van der Waals surface area (Å²) in [4.78, 5) is 16.5. The summed E-state index contributed by atoms with van der Waals surface area (Å²) < 4.78 is 5.47. The molecule has 0 saturated carbocycles. The number of carbonyl (C=O) groups excluding carboxylic acids is 1. The van der Waals surface area contributed by atoms with E-state index >= 15 is 0 Å². The molecule has 1 amide bonds. The lowest BCUT2D eigenvalue weighted by Gasteiger charge is -2.39. The second kappa shape index (κ2) is 6.50. The number of nitrogens with zero attached hydrogens (tertiary/aromatic N) is 2. The van der Waals surface area contributed by atoms with E-state index in [1.807, 2.05) is 11.8 Å². The molecule has 0 bridgehead atoms. The van der Waals surface area contributed by atoms with E-state index in [0.717, 1.165) is 39.1 Å². The fourth-order valence-electron chi connectivity index (χ4n) is 2.53. The van der Waals surface area contributed by atoms with E-state index < -0.39 is 0 Å². The molecule has 2 aliphatic rings. The smallest absolute Gasteiger partial charge is 0.236 e. The van der Waals surface area contributed by atoms with E-state index in [9.17, 15) is 4.79 Å². The van der Waals surface area contributed by atoms with Crippen LogP contribution < -0.4 is 5.32 Å². The van der Waals surface area contributed by atoms with Gasteiger partial charge in [-0.15, -0.1) is 0 Å². The zero-order valence-corrected chi connectivity index (χ0v) is 11.5. The van der Waals surface area contributed by atoms with Gasteiger partial charge in [-0.2, -0.15) is 0 Å². The van der Waals surface area contributed by atoms with E-state index in [0.29, 0.717) is 19.2 Å². The van der Waals surface area contributed by atoms with E-state index in [4.69, 9.17) is 4.74 Å². The Morgan fingerprint density at radius 3 is 2.83 bits per heavy atom. The molecule has 2 saturated heterocycles. The summed E-state index contributed by atoms with van der Waals surface area (Å²) in [5, 5.41) is 3.27. The van der Waals surface area contributed by atoms with Crippen LogP contribution in [0.15, 0.2) is 0 Å². The second-order valence-electron chi connectivity index (χ2n) is 5.30. The van der Waals surface area contributed by atoms with E-state index in [2.05, 4.69) is 17.1 Å². The van der Waals surface area contributed by atoms with Gasteiger partial charge in [-0.1, -0.05) is 6.92 Å². The highest BCUT2D eigenvalue weighted by molar-refractivity contribution is 5.78. The lowest BCUT2D eigenvalue weighted by atomic mass is 10.1. The molecule has 2 fully saturated rings. The van der Waals surface area contributed by atoms with Crippen LogP contribution in [0.3, 0.4) is 0 Å². The van der Waals surface area contributed by atoms with Gasteiger partial charge in [-0.25, -0.2) is 0 Å². The lowest BCUT2D eigenvalue weighted by molar-refractivity contribution is -0.140. The minimum Gasteiger partial charge on any atom is -0.375 e. The van der Waals surface area contributed by atoms with Crippen LogP contribution >= 0.6 is 0 Å². The van der Waals surface area contributed by atoms with Crippen LogP contribution in [0.5, 0.6) is 0 Å². The molecule has 2 aliphatic heterocycles.